The maximum absolute atomic E-state index is 12.3. The van der Waals surface area contributed by atoms with Crippen LogP contribution in [0.2, 0.25) is 0 Å². The second kappa shape index (κ2) is 5.07. The summed E-state index contributed by atoms with van der Waals surface area (Å²) in [6.45, 7) is 2.05. The number of carbonyl (C=O) groups is 1. The van der Waals surface area contributed by atoms with E-state index in [1.54, 1.807) is 11.0 Å². The predicted molar refractivity (Wildman–Crippen MR) is 76.6 cm³/mol. The van der Waals surface area contributed by atoms with Crippen LogP contribution in [-0.4, -0.2) is 20.7 Å². The van der Waals surface area contributed by atoms with Gasteiger partial charge in [-0.1, -0.05) is 19.8 Å². The molecule has 1 fully saturated rings. The first-order chi connectivity index (χ1) is 9.67. The van der Waals surface area contributed by atoms with Crippen LogP contribution in [0.1, 0.15) is 32.6 Å². The zero-order chi connectivity index (χ0) is 14.0. The van der Waals surface area contributed by atoms with Gasteiger partial charge in [-0.15, -0.1) is 0 Å². The van der Waals surface area contributed by atoms with Crippen molar-refractivity contribution in [1.29, 1.82) is 0 Å². The highest BCUT2D eigenvalue weighted by molar-refractivity contribution is 5.95. The van der Waals surface area contributed by atoms with Crippen molar-refractivity contribution in [2.24, 2.45) is 5.41 Å². The van der Waals surface area contributed by atoms with E-state index in [1.165, 1.54) is 6.33 Å². The van der Waals surface area contributed by atoms with E-state index in [2.05, 4.69) is 22.3 Å². The van der Waals surface area contributed by atoms with Gasteiger partial charge in [0.2, 0.25) is 5.91 Å². The first kappa shape index (κ1) is 12.8. The second-order valence-corrected chi connectivity index (χ2v) is 5.61. The summed E-state index contributed by atoms with van der Waals surface area (Å²) >= 11 is 0. The number of carbonyl (C=O) groups excluding carboxylic acids is 1. The van der Waals surface area contributed by atoms with Crippen molar-refractivity contribution >= 4 is 11.6 Å². The summed E-state index contributed by atoms with van der Waals surface area (Å²) in [6, 6.07) is 7.63. The van der Waals surface area contributed by atoms with Crippen molar-refractivity contribution in [3.8, 4) is 5.69 Å². The molecule has 1 saturated carbocycles. The molecule has 0 bridgehead atoms. The lowest BCUT2D eigenvalue weighted by atomic mass is 9.88. The first-order valence-electron chi connectivity index (χ1n) is 6.94. The molecule has 1 aliphatic carbocycles. The Labute approximate surface area is 118 Å². The average Bonchev–Trinajstić information content (AvgIpc) is 3.11. The summed E-state index contributed by atoms with van der Waals surface area (Å²) in [5.74, 6) is 0.128. The summed E-state index contributed by atoms with van der Waals surface area (Å²) in [6.07, 6.45) is 7.40. The molecule has 104 valence electrons. The summed E-state index contributed by atoms with van der Waals surface area (Å²) in [4.78, 5) is 16.2. The SMILES string of the molecule is CC1(C(=O)Nc2ccc(-n3cncn3)cc2)CCCC1. The molecule has 0 aliphatic heterocycles. The van der Waals surface area contributed by atoms with E-state index in [0.717, 1.165) is 37.1 Å². The second-order valence-electron chi connectivity index (χ2n) is 5.61. The van der Waals surface area contributed by atoms with Crippen molar-refractivity contribution in [2.75, 3.05) is 5.32 Å². The van der Waals surface area contributed by atoms with Crippen LogP contribution in [-0.2, 0) is 4.79 Å². The molecule has 1 amide bonds. The maximum Gasteiger partial charge on any atom is 0.230 e. The van der Waals surface area contributed by atoms with Gasteiger partial charge >= 0.3 is 0 Å². The third kappa shape index (κ3) is 2.43. The summed E-state index contributed by atoms with van der Waals surface area (Å²) in [5, 5.41) is 7.08. The van der Waals surface area contributed by atoms with Crippen molar-refractivity contribution in [3.63, 3.8) is 0 Å². The Hall–Kier alpha value is -2.17. The van der Waals surface area contributed by atoms with Gasteiger partial charge in [-0.25, -0.2) is 9.67 Å². The van der Waals surface area contributed by atoms with Gasteiger partial charge in [0.05, 0.1) is 5.69 Å². The van der Waals surface area contributed by atoms with Crippen LogP contribution < -0.4 is 5.32 Å². The van der Waals surface area contributed by atoms with E-state index in [0.29, 0.717) is 0 Å². The molecular weight excluding hydrogens is 252 g/mol. The van der Waals surface area contributed by atoms with Crippen molar-refractivity contribution < 1.29 is 4.79 Å². The molecule has 1 heterocycles. The first-order valence-corrected chi connectivity index (χ1v) is 6.94. The molecule has 0 radical (unpaired) electrons. The number of hydrogen-bond acceptors (Lipinski definition) is 3. The fourth-order valence-electron chi connectivity index (χ4n) is 2.70. The highest BCUT2D eigenvalue weighted by Crippen LogP contribution is 2.38. The molecule has 0 atom stereocenters. The molecule has 0 saturated heterocycles. The lowest BCUT2D eigenvalue weighted by Gasteiger charge is -2.22. The van der Waals surface area contributed by atoms with Gasteiger partial charge in [-0.2, -0.15) is 5.10 Å². The van der Waals surface area contributed by atoms with Gasteiger partial charge in [-0.3, -0.25) is 4.79 Å². The molecule has 0 spiro atoms. The van der Waals surface area contributed by atoms with E-state index in [-0.39, 0.29) is 11.3 Å². The minimum absolute atomic E-state index is 0.128. The van der Waals surface area contributed by atoms with Crippen LogP contribution >= 0.6 is 0 Å². The number of nitrogens with one attached hydrogen (secondary N) is 1. The Balaban J connectivity index is 1.71. The minimum atomic E-state index is -0.204. The zero-order valence-corrected chi connectivity index (χ0v) is 11.5. The van der Waals surface area contributed by atoms with Crippen LogP contribution in [0.15, 0.2) is 36.9 Å². The molecular formula is C15H18N4O. The topological polar surface area (TPSA) is 59.8 Å². The molecule has 3 rings (SSSR count). The van der Waals surface area contributed by atoms with Crippen LogP contribution in [0.5, 0.6) is 0 Å². The molecule has 20 heavy (non-hydrogen) atoms. The number of rotatable bonds is 3. The van der Waals surface area contributed by atoms with E-state index in [9.17, 15) is 4.79 Å². The summed E-state index contributed by atoms with van der Waals surface area (Å²) in [7, 11) is 0. The lowest BCUT2D eigenvalue weighted by molar-refractivity contribution is -0.124. The van der Waals surface area contributed by atoms with Crippen LogP contribution in [0.3, 0.4) is 0 Å². The molecule has 0 unspecified atom stereocenters. The van der Waals surface area contributed by atoms with E-state index in [4.69, 9.17) is 0 Å². The molecule has 2 aromatic rings. The Kier molecular flexibility index (Phi) is 3.26. The number of amides is 1. The number of anilines is 1. The number of hydrogen-bond donors (Lipinski definition) is 1. The Bertz CT molecular complexity index is 583. The average molecular weight is 270 g/mol. The fraction of sp³-hybridized carbons (Fsp3) is 0.400. The Morgan fingerprint density at radius 3 is 2.55 bits per heavy atom. The number of aromatic nitrogens is 3. The maximum atomic E-state index is 12.3. The number of nitrogens with zero attached hydrogens (tertiary/aromatic N) is 3. The smallest absolute Gasteiger partial charge is 0.230 e. The lowest BCUT2D eigenvalue weighted by Crippen LogP contribution is -2.30. The largest absolute Gasteiger partial charge is 0.326 e. The minimum Gasteiger partial charge on any atom is -0.326 e. The molecule has 1 N–H and O–H groups in total. The molecule has 5 nitrogen and oxygen atoms in total. The van der Waals surface area contributed by atoms with Gasteiger partial charge in [0.15, 0.2) is 0 Å². The van der Waals surface area contributed by atoms with Gasteiger partial charge in [0, 0.05) is 11.1 Å². The third-order valence-corrected chi connectivity index (χ3v) is 4.06. The van der Waals surface area contributed by atoms with Gasteiger partial charge in [0.1, 0.15) is 12.7 Å². The molecule has 1 aromatic heterocycles. The Morgan fingerprint density at radius 2 is 1.95 bits per heavy atom. The zero-order valence-electron chi connectivity index (χ0n) is 11.5. The summed E-state index contributed by atoms with van der Waals surface area (Å²) < 4.78 is 1.68. The van der Waals surface area contributed by atoms with Crippen LogP contribution in [0, 0.1) is 5.41 Å². The monoisotopic (exact) mass is 270 g/mol. The number of benzene rings is 1. The van der Waals surface area contributed by atoms with Gasteiger partial charge in [0.25, 0.3) is 0 Å². The molecule has 5 heteroatoms. The van der Waals surface area contributed by atoms with E-state index < -0.39 is 0 Å². The van der Waals surface area contributed by atoms with Crippen molar-refractivity contribution in [2.45, 2.75) is 32.6 Å². The Morgan fingerprint density at radius 1 is 1.25 bits per heavy atom. The predicted octanol–water partition coefficient (Wildman–Crippen LogP) is 2.79. The molecule has 1 aromatic carbocycles. The van der Waals surface area contributed by atoms with E-state index >= 15 is 0 Å². The van der Waals surface area contributed by atoms with Crippen LogP contribution in [0.25, 0.3) is 5.69 Å². The fourth-order valence-corrected chi connectivity index (χ4v) is 2.70. The third-order valence-electron chi connectivity index (χ3n) is 4.06. The van der Waals surface area contributed by atoms with Crippen molar-refractivity contribution in [1.82, 2.24) is 14.8 Å². The van der Waals surface area contributed by atoms with Gasteiger partial charge < -0.3 is 5.32 Å². The normalized spacial score (nSPS) is 17.1. The standard InChI is InChI=1S/C15H18N4O/c1-15(8-2-3-9-15)14(20)18-12-4-6-13(7-5-12)19-11-16-10-17-19/h4-7,10-11H,2-3,8-9H2,1H3,(H,18,20). The molecule has 1 aliphatic rings. The quantitative estimate of drug-likeness (QED) is 0.933. The van der Waals surface area contributed by atoms with E-state index in [1.807, 2.05) is 24.3 Å². The van der Waals surface area contributed by atoms with Crippen molar-refractivity contribution in [3.05, 3.63) is 36.9 Å². The highest BCUT2D eigenvalue weighted by atomic mass is 16.2. The summed E-state index contributed by atoms with van der Waals surface area (Å²) in [5.41, 5.74) is 1.55. The van der Waals surface area contributed by atoms with Gasteiger partial charge in [-0.05, 0) is 37.1 Å². The van der Waals surface area contributed by atoms with Crippen LogP contribution in [0.4, 0.5) is 5.69 Å². The highest BCUT2D eigenvalue weighted by Gasteiger charge is 2.36.